The summed E-state index contributed by atoms with van der Waals surface area (Å²) in [5.41, 5.74) is 0.683. The molecule has 0 unspecified atom stereocenters. The Bertz CT molecular complexity index is 538. The van der Waals surface area contributed by atoms with Crippen LogP contribution in [0.2, 0.25) is 0 Å². The van der Waals surface area contributed by atoms with E-state index < -0.39 is 0 Å². The second-order valence-corrected chi connectivity index (χ2v) is 4.47. The molecular weight excluding hydrogens is 222 g/mol. The smallest absolute Gasteiger partial charge is 0.261 e. The van der Waals surface area contributed by atoms with Gasteiger partial charge in [-0.15, -0.1) is 0 Å². The minimum absolute atomic E-state index is 0.0218. The van der Waals surface area contributed by atoms with Crippen LogP contribution in [-0.2, 0) is 6.54 Å². The molecule has 2 aromatic rings. The molecule has 0 fully saturated rings. The number of nitrogens with zero attached hydrogens (tertiary/aromatic N) is 3. The predicted octanol–water partition coefficient (Wildman–Crippen LogP) is 1.54. The monoisotopic (exact) mass is 235 g/mol. The first-order valence-electron chi connectivity index (χ1n) is 5.11. The molecule has 0 aliphatic carbocycles. The number of rotatable bonds is 4. The van der Waals surface area contributed by atoms with Crippen molar-refractivity contribution in [3.05, 3.63) is 35.1 Å². The highest BCUT2D eigenvalue weighted by Crippen LogP contribution is 2.03. The molecule has 2 aromatic heterocycles. The number of thioether (sulfide) groups is 1. The van der Waals surface area contributed by atoms with Crippen molar-refractivity contribution >= 4 is 22.7 Å². The van der Waals surface area contributed by atoms with Gasteiger partial charge in [-0.25, -0.2) is 4.98 Å². The molecule has 0 saturated heterocycles. The van der Waals surface area contributed by atoms with Crippen LogP contribution in [0.1, 0.15) is 6.42 Å². The van der Waals surface area contributed by atoms with Crippen LogP contribution < -0.4 is 5.56 Å². The number of fused-ring (bicyclic) bond motifs is 1. The van der Waals surface area contributed by atoms with Crippen molar-refractivity contribution in [1.82, 2.24) is 14.5 Å². The van der Waals surface area contributed by atoms with Gasteiger partial charge >= 0.3 is 0 Å². The Balaban J connectivity index is 2.33. The van der Waals surface area contributed by atoms with Crippen molar-refractivity contribution in [2.24, 2.45) is 0 Å². The summed E-state index contributed by atoms with van der Waals surface area (Å²) in [7, 11) is 0. The van der Waals surface area contributed by atoms with Crippen LogP contribution in [0.3, 0.4) is 0 Å². The Kier molecular flexibility index (Phi) is 3.56. The highest BCUT2D eigenvalue weighted by Gasteiger charge is 2.02. The number of pyridine rings is 1. The normalized spacial score (nSPS) is 10.8. The molecular formula is C11H13N3OS. The molecule has 0 atom stereocenters. The van der Waals surface area contributed by atoms with Crippen molar-refractivity contribution < 1.29 is 0 Å². The van der Waals surface area contributed by atoms with E-state index in [9.17, 15) is 4.79 Å². The molecule has 0 aliphatic heterocycles. The summed E-state index contributed by atoms with van der Waals surface area (Å²) < 4.78 is 1.67. The fourth-order valence-electron chi connectivity index (χ4n) is 1.55. The van der Waals surface area contributed by atoms with Gasteiger partial charge in [0, 0.05) is 12.7 Å². The Labute approximate surface area is 97.7 Å². The first-order valence-corrected chi connectivity index (χ1v) is 6.50. The van der Waals surface area contributed by atoms with E-state index in [4.69, 9.17) is 0 Å². The predicted molar refractivity (Wildman–Crippen MR) is 66.8 cm³/mol. The quantitative estimate of drug-likeness (QED) is 0.754. The largest absolute Gasteiger partial charge is 0.299 e. The van der Waals surface area contributed by atoms with Crippen molar-refractivity contribution in [3.8, 4) is 0 Å². The number of hydrogen-bond donors (Lipinski definition) is 0. The van der Waals surface area contributed by atoms with Gasteiger partial charge in [-0.3, -0.25) is 14.3 Å². The van der Waals surface area contributed by atoms with E-state index in [1.807, 2.05) is 0 Å². The van der Waals surface area contributed by atoms with Crippen LogP contribution >= 0.6 is 11.8 Å². The molecule has 0 bridgehead atoms. The van der Waals surface area contributed by atoms with Crippen LogP contribution in [0, 0.1) is 0 Å². The van der Waals surface area contributed by atoms with Gasteiger partial charge in [0.15, 0.2) is 0 Å². The van der Waals surface area contributed by atoms with Gasteiger partial charge in [-0.05, 0) is 24.5 Å². The molecule has 84 valence electrons. The fourth-order valence-corrected chi connectivity index (χ4v) is 1.97. The van der Waals surface area contributed by atoms with Gasteiger partial charge in [0.25, 0.3) is 5.56 Å². The first-order chi connectivity index (χ1) is 7.83. The molecule has 0 saturated carbocycles. The van der Waals surface area contributed by atoms with Gasteiger partial charge in [0.2, 0.25) is 0 Å². The summed E-state index contributed by atoms with van der Waals surface area (Å²) >= 11 is 1.78. The van der Waals surface area contributed by atoms with Gasteiger partial charge in [-0.1, -0.05) is 0 Å². The lowest BCUT2D eigenvalue weighted by atomic mass is 10.3. The third-order valence-corrected chi connectivity index (χ3v) is 3.07. The third kappa shape index (κ3) is 2.24. The van der Waals surface area contributed by atoms with Crippen molar-refractivity contribution in [1.29, 1.82) is 0 Å². The average Bonchev–Trinajstić information content (AvgIpc) is 2.33. The summed E-state index contributed by atoms with van der Waals surface area (Å²) in [6.45, 7) is 0.727. The second-order valence-electron chi connectivity index (χ2n) is 3.48. The Hall–Kier alpha value is -1.36. The second kappa shape index (κ2) is 5.12. The molecule has 0 aliphatic rings. The van der Waals surface area contributed by atoms with Gasteiger partial charge < -0.3 is 0 Å². The molecule has 0 N–H and O–H groups in total. The molecule has 4 nitrogen and oxygen atoms in total. The third-order valence-electron chi connectivity index (χ3n) is 2.37. The number of aryl methyl sites for hydroxylation is 1. The minimum atomic E-state index is 0.0218. The number of aromatic nitrogens is 3. The average molecular weight is 235 g/mol. The molecule has 2 heterocycles. The maximum Gasteiger partial charge on any atom is 0.261 e. The molecule has 0 amide bonds. The lowest BCUT2D eigenvalue weighted by molar-refractivity contribution is 0.652. The van der Waals surface area contributed by atoms with Crippen molar-refractivity contribution in [2.45, 2.75) is 13.0 Å². The molecule has 0 spiro atoms. The zero-order valence-corrected chi connectivity index (χ0v) is 9.91. The molecule has 2 rings (SSSR count). The summed E-state index contributed by atoms with van der Waals surface area (Å²) in [5.74, 6) is 1.06. The lowest BCUT2D eigenvalue weighted by Crippen LogP contribution is -2.20. The van der Waals surface area contributed by atoms with Crippen molar-refractivity contribution in [2.75, 3.05) is 12.0 Å². The van der Waals surface area contributed by atoms with E-state index in [0.717, 1.165) is 18.7 Å². The summed E-state index contributed by atoms with van der Waals surface area (Å²) in [6.07, 6.45) is 7.89. The van der Waals surface area contributed by atoms with Gasteiger partial charge in [-0.2, -0.15) is 11.8 Å². The van der Waals surface area contributed by atoms with Crippen LogP contribution in [-0.4, -0.2) is 26.5 Å². The van der Waals surface area contributed by atoms with Crippen LogP contribution in [0.5, 0.6) is 0 Å². The van der Waals surface area contributed by atoms with E-state index in [0.29, 0.717) is 10.9 Å². The zero-order chi connectivity index (χ0) is 11.4. The van der Waals surface area contributed by atoms with E-state index in [-0.39, 0.29) is 5.56 Å². The molecule has 0 aromatic carbocycles. The fraction of sp³-hybridized carbons (Fsp3) is 0.364. The molecule has 16 heavy (non-hydrogen) atoms. The topological polar surface area (TPSA) is 47.8 Å². The zero-order valence-electron chi connectivity index (χ0n) is 9.09. The molecule has 0 radical (unpaired) electrons. The highest BCUT2D eigenvalue weighted by atomic mass is 32.2. The van der Waals surface area contributed by atoms with Crippen LogP contribution in [0.15, 0.2) is 29.6 Å². The van der Waals surface area contributed by atoms with Crippen LogP contribution in [0.4, 0.5) is 0 Å². The first kappa shape index (κ1) is 11.1. The summed E-state index contributed by atoms with van der Waals surface area (Å²) in [4.78, 5) is 20.2. The van der Waals surface area contributed by atoms with Crippen LogP contribution in [0.25, 0.3) is 10.9 Å². The Morgan fingerprint density at radius 2 is 2.38 bits per heavy atom. The Morgan fingerprint density at radius 3 is 3.19 bits per heavy atom. The standard InChI is InChI=1S/C11H13N3OS/c1-16-6-2-5-14-8-13-10-7-12-4-3-9(10)11(14)15/h3-4,7-8H,2,5-6H2,1H3. The van der Waals surface area contributed by atoms with Gasteiger partial charge in [0.05, 0.1) is 23.4 Å². The van der Waals surface area contributed by atoms with Crippen molar-refractivity contribution in [3.63, 3.8) is 0 Å². The SMILES string of the molecule is CSCCCn1cnc2cnccc2c1=O. The maximum atomic E-state index is 12.0. The van der Waals surface area contributed by atoms with E-state index in [2.05, 4.69) is 16.2 Å². The van der Waals surface area contributed by atoms with E-state index in [1.165, 1.54) is 0 Å². The van der Waals surface area contributed by atoms with Gasteiger partial charge in [0.1, 0.15) is 0 Å². The molecule has 5 heteroatoms. The Morgan fingerprint density at radius 1 is 1.50 bits per heavy atom. The minimum Gasteiger partial charge on any atom is -0.299 e. The summed E-state index contributed by atoms with van der Waals surface area (Å²) in [5, 5.41) is 0.640. The lowest BCUT2D eigenvalue weighted by Gasteiger charge is -2.05. The maximum absolute atomic E-state index is 12.0. The van der Waals surface area contributed by atoms with E-state index in [1.54, 1.807) is 41.1 Å². The highest BCUT2D eigenvalue weighted by molar-refractivity contribution is 7.98. The number of hydrogen-bond acceptors (Lipinski definition) is 4. The summed E-state index contributed by atoms with van der Waals surface area (Å²) in [6, 6.07) is 1.72. The van der Waals surface area contributed by atoms with E-state index >= 15 is 0 Å².